The molecule has 1 aliphatic rings. The van der Waals surface area contributed by atoms with E-state index in [0.29, 0.717) is 33.5 Å². The summed E-state index contributed by atoms with van der Waals surface area (Å²) in [5.74, 6) is 1.27. The monoisotopic (exact) mass is 506 g/mol. The first kappa shape index (κ1) is 25.7. The molecule has 1 fully saturated rings. The molecule has 0 aliphatic carbocycles. The Labute approximate surface area is 209 Å². The molecule has 2 heterocycles. The molecular formula is C24H28Cl2N4O4. The maximum Gasteiger partial charge on any atom is 0.259 e. The molecule has 3 aromatic rings. The molecule has 8 nitrogen and oxygen atoms in total. The van der Waals surface area contributed by atoms with Gasteiger partial charge in [-0.3, -0.25) is 4.79 Å². The van der Waals surface area contributed by atoms with Crippen molar-refractivity contribution in [1.82, 2.24) is 15.1 Å². The minimum Gasteiger partial charge on any atom is -0.493 e. The molecule has 34 heavy (non-hydrogen) atoms. The number of piperidine rings is 1. The predicted octanol–water partition coefficient (Wildman–Crippen LogP) is 4.69. The van der Waals surface area contributed by atoms with Crippen molar-refractivity contribution in [1.29, 1.82) is 0 Å². The number of carbonyl (C=O) groups excluding carboxylic acids is 1. The summed E-state index contributed by atoms with van der Waals surface area (Å²) in [5, 5.41) is 11.5. The highest BCUT2D eigenvalue weighted by Gasteiger charge is 2.28. The third-order valence-corrected chi connectivity index (χ3v) is 6.10. The van der Waals surface area contributed by atoms with E-state index in [4.69, 9.17) is 25.8 Å². The maximum atomic E-state index is 13.4. The lowest BCUT2D eigenvalue weighted by Crippen LogP contribution is -2.29. The van der Waals surface area contributed by atoms with Crippen molar-refractivity contribution in [3.05, 3.63) is 58.9 Å². The molecule has 0 spiro atoms. The van der Waals surface area contributed by atoms with Gasteiger partial charge in [-0.05, 0) is 38.1 Å². The molecule has 1 saturated heterocycles. The van der Waals surface area contributed by atoms with E-state index in [9.17, 15) is 4.79 Å². The van der Waals surface area contributed by atoms with Crippen LogP contribution < -0.4 is 24.8 Å². The number of methoxy groups -OCH3 is 3. The molecule has 1 aliphatic heterocycles. The number of para-hydroxylation sites is 1. The van der Waals surface area contributed by atoms with Crippen molar-refractivity contribution >= 4 is 35.6 Å². The maximum absolute atomic E-state index is 13.4. The van der Waals surface area contributed by atoms with Crippen molar-refractivity contribution in [2.45, 2.75) is 18.8 Å². The Morgan fingerprint density at radius 1 is 1.09 bits per heavy atom. The van der Waals surface area contributed by atoms with Gasteiger partial charge in [0.05, 0.1) is 49.5 Å². The summed E-state index contributed by atoms with van der Waals surface area (Å²) < 4.78 is 18.0. The molecule has 2 N–H and O–H groups in total. The number of ether oxygens (including phenoxy) is 3. The number of rotatable bonds is 7. The molecular weight excluding hydrogens is 479 g/mol. The van der Waals surface area contributed by atoms with Crippen LogP contribution in [0.2, 0.25) is 5.02 Å². The van der Waals surface area contributed by atoms with Crippen LogP contribution in [0.4, 0.5) is 5.69 Å². The highest BCUT2D eigenvalue weighted by Crippen LogP contribution is 2.40. The highest BCUT2D eigenvalue weighted by molar-refractivity contribution is 6.32. The fourth-order valence-corrected chi connectivity index (χ4v) is 4.40. The minimum absolute atomic E-state index is 0. The highest BCUT2D eigenvalue weighted by atomic mass is 35.5. The lowest BCUT2D eigenvalue weighted by atomic mass is 9.91. The van der Waals surface area contributed by atoms with E-state index < -0.39 is 0 Å². The Bertz CT molecular complexity index is 1120. The summed E-state index contributed by atoms with van der Waals surface area (Å²) >= 11 is 6.47. The first-order valence-corrected chi connectivity index (χ1v) is 11.1. The Hall–Kier alpha value is -2.94. The third kappa shape index (κ3) is 5.09. The second kappa shape index (κ2) is 11.5. The number of carbonyl (C=O) groups is 1. The summed E-state index contributed by atoms with van der Waals surface area (Å²) in [6.45, 7) is 1.76. The van der Waals surface area contributed by atoms with Gasteiger partial charge in [0.1, 0.15) is 0 Å². The summed E-state index contributed by atoms with van der Waals surface area (Å²) in [5.41, 5.74) is 2.64. The SMILES string of the molecule is COc1cc(NC(=O)c2cnn(-c3ccccc3Cl)c2C2CCNCC2)cc(OC)c1OC.Cl. The topological polar surface area (TPSA) is 86.6 Å². The fourth-order valence-electron chi connectivity index (χ4n) is 4.19. The van der Waals surface area contributed by atoms with Crippen LogP contribution in [0.25, 0.3) is 5.69 Å². The second-order valence-corrected chi connectivity index (χ2v) is 8.11. The van der Waals surface area contributed by atoms with Crippen LogP contribution >= 0.6 is 24.0 Å². The van der Waals surface area contributed by atoms with E-state index in [1.807, 2.05) is 24.3 Å². The van der Waals surface area contributed by atoms with E-state index in [2.05, 4.69) is 15.7 Å². The Morgan fingerprint density at radius 2 is 1.74 bits per heavy atom. The molecule has 0 saturated carbocycles. The van der Waals surface area contributed by atoms with E-state index in [1.54, 1.807) is 23.0 Å². The van der Waals surface area contributed by atoms with Crippen molar-refractivity contribution in [3.63, 3.8) is 0 Å². The van der Waals surface area contributed by atoms with Gasteiger partial charge in [-0.25, -0.2) is 4.68 Å². The average molecular weight is 507 g/mol. The van der Waals surface area contributed by atoms with E-state index in [-0.39, 0.29) is 24.2 Å². The Morgan fingerprint density at radius 3 is 2.32 bits per heavy atom. The fraction of sp³-hybridized carbons (Fsp3) is 0.333. The normalized spacial score (nSPS) is 13.6. The van der Waals surface area contributed by atoms with Crippen LogP contribution in [0, 0.1) is 0 Å². The number of aromatic nitrogens is 2. The first-order valence-electron chi connectivity index (χ1n) is 10.7. The molecule has 0 bridgehead atoms. The third-order valence-electron chi connectivity index (χ3n) is 5.78. The number of hydrogen-bond acceptors (Lipinski definition) is 6. The van der Waals surface area contributed by atoms with Crippen LogP contribution in [0.5, 0.6) is 17.2 Å². The zero-order chi connectivity index (χ0) is 23.4. The van der Waals surface area contributed by atoms with Crippen molar-refractivity contribution in [3.8, 4) is 22.9 Å². The number of nitrogens with one attached hydrogen (secondary N) is 2. The average Bonchev–Trinajstić information content (AvgIpc) is 3.29. The van der Waals surface area contributed by atoms with Crippen molar-refractivity contribution in [2.24, 2.45) is 0 Å². The molecule has 0 radical (unpaired) electrons. The first-order chi connectivity index (χ1) is 16.1. The van der Waals surface area contributed by atoms with Crippen LogP contribution in [0.1, 0.15) is 34.8 Å². The molecule has 10 heteroatoms. The Kier molecular flexibility index (Phi) is 8.66. The molecule has 0 atom stereocenters. The Balaban J connectivity index is 0.00000324. The summed E-state index contributed by atoms with van der Waals surface area (Å²) in [6, 6.07) is 10.9. The second-order valence-electron chi connectivity index (χ2n) is 7.70. The van der Waals surface area contributed by atoms with Gasteiger partial charge in [-0.15, -0.1) is 12.4 Å². The van der Waals surface area contributed by atoms with Gasteiger partial charge >= 0.3 is 0 Å². The number of halogens is 2. The molecule has 1 amide bonds. The molecule has 2 aromatic carbocycles. The van der Waals surface area contributed by atoms with Crippen molar-refractivity contribution < 1.29 is 19.0 Å². The van der Waals surface area contributed by atoms with Crippen LogP contribution in [-0.2, 0) is 0 Å². The molecule has 182 valence electrons. The lowest BCUT2D eigenvalue weighted by Gasteiger charge is -2.25. The number of benzene rings is 2. The quantitative estimate of drug-likeness (QED) is 0.483. The van der Waals surface area contributed by atoms with Gasteiger partial charge in [-0.1, -0.05) is 23.7 Å². The van der Waals surface area contributed by atoms with Crippen LogP contribution in [0.15, 0.2) is 42.6 Å². The van der Waals surface area contributed by atoms with Crippen molar-refractivity contribution in [2.75, 3.05) is 39.7 Å². The van der Waals surface area contributed by atoms with E-state index >= 15 is 0 Å². The van der Waals surface area contributed by atoms with E-state index in [1.165, 1.54) is 21.3 Å². The van der Waals surface area contributed by atoms with Gasteiger partial charge in [-0.2, -0.15) is 5.10 Å². The largest absolute Gasteiger partial charge is 0.493 e. The molecule has 0 unspecified atom stereocenters. The van der Waals surface area contributed by atoms with E-state index in [0.717, 1.165) is 37.3 Å². The standard InChI is InChI=1S/C24H27ClN4O4.ClH/c1-31-20-12-16(13-21(32-2)23(20)33-3)28-24(30)17-14-27-29(19-7-5-4-6-18(19)25)22(17)15-8-10-26-11-9-15;/h4-7,12-15,26H,8-11H2,1-3H3,(H,28,30);1H. The smallest absolute Gasteiger partial charge is 0.259 e. The zero-order valence-electron chi connectivity index (χ0n) is 19.3. The van der Waals surface area contributed by atoms with Gasteiger partial charge in [0.15, 0.2) is 11.5 Å². The van der Waals surface area contributed by atoms with Crippen LogP contribution in [-0.4, -0.2) is 50.1 Å². The number of amides is 1. The summed E-state index contributed by atoms with van der Waals surface area (Å²) in [6.07, 6.45) is 3.41. The summed E-state index contributed by atoms with van der Waals surface area (Å²) in [4.78, 5) is 13.4. The van der Waals surface area contributed by atoms with Gasteiger partial charge in [0, 0.05) is 23.7 Å². The van der Waals surface area contributed by atoms with Crippen LogP contribution in [0.3, 0.4) is 0 Å². The predicted molar refractivity (Wildman–Crippen MR) is 135 cm³/mol. The number of nitrogens with zero attached hydrogens (tertiary/aromatic N) is 2. The summed E-state index contributed by atoms with van der Waals surface area (Å²) in [7, 11) is 4.60. The minimum atomic E-state index is -0.267. The van der Waals surface area contributed by atoms with Gasteiger partial charge in [0.2, 0.25) is 5.75 Å². The zero-order valence-corrected chi connectivity index (χ0v) is 20.8. The number of hydrogen-bond donors (Lipinski definition) is 2. The lowest BCUT2D eigenvalue weighted by molar-refractivity contribution is 0.102. The number of anilines is 1. The molecule has 1 aromatic heterocycles. The van der Waals surface area contributed by atoms with Gasteiger partial charge in [0.25, 0.3) is 5.91 Å². The van der Waals surface area contributed by atoms with Gasteiger partial charge < -0.3 is 24.8 Å². The molecule has 4 rings (SSSR count).